The number of nitrogens with one attached hydrogen (secondary N) is 2. The number of aromatic amines is 1. The molecular weight excluding hydrogens is 368 g/mol. The minimum absolute atomic E-state index is 0.0868. The molecule has 1 aromatic heterocycles. The smallest absolute Gasteiger partial charge is 0.240 e. The average molecular weight is 387 g/mol. The van der Waals surface area contributed by atoms with Crippen LogP contribution in [0, 0.1) is 11.7 Å². The molecule has 26 heavy (non-hydrogen) atoms. The number of carbonyl (C=O) groups excluding carboxylic acids is 1. The number of benzene rings is 2. The summed E-state index contributed by atoms with van der Waals surface area (Å²) < 4.78 is 2.08. The zero-order valence-electron chi connectivity index (χ0n) is 14.5. The number of rotatable bonds is 5. The van der Waals surface area contributed by atoms with Crippen molar-refractivity contribution in [1.82, 2.24) is 20.1 Å². The molecule has 0 spiro atoms. The van der Waals surface area contributed by atoms with Gasteiger partial charge in [-0.15, -0.1) is 0 Å². The van der Waals surface area contributed by atoms with E-state index in [1.165, 1.54) is 0 Å². The molecule has 0 aliphatic rings. The monoisotopic (exact) mass is 386 g/mol. The van der Waals surface area contributed by atoms with Crippen molar-refractivity contribution in [2.75, 3.05) is 0 Å². The molecule has 5 nitrogen and oxygen atoms in total. The second-order valence-electron chi connectivity index (χ2n) is 6.09. The van der Waals surface area contributed by atoms with E-state index in [4.69, 9.17) is 23.8 Å². The van der Waals surface area contributed by atoms with E-state index in [1.54, 1.807) is 16.7 Å². The lowest BCUT2D eigenvalue weighted by Crippen LogP contribution is -2.30. The summed E-state index contributed by atoms with van der Waals surface area (Å²) in [6, 6.07) is 15.1. The van der Waals surface area contributed by atoms with Crippen LogP contribution in [0.25, 0.3) is 11.4 Å². The molecule has 0 radical (unpaired) electrons. The van der Waals surface area contributed by atoms with E-state index in [0.717, 1.165) is 16.7 Å². The number of halogens is 1. The van der Waals surface area contributed by atoms with Crippen LogP contribution >= 0.6 is 23.8 Å². The van der Waals surface area contributed by atoms with Gasteiger partial charge in [-0.2, -0.15) is 5.10 Å². The molecule has 0 aliphatic carbocycles. The molecule has 1 heterocycles. The lowest BCUT2D eigenvalue weighted by Gasteiger charge is -2.17. The van der Waals surface area contributed by atoms with Crippen LogP contribution < -0.4 is 5.32 Å². The summed E-state index contributed by atoms with van der Waals surface area (Å²) in [7, 11) is 0. The van der Waals surface area contributed by atoms with E-state index in [1.807, 2.05) is 50.2 Å². The Morgan fingerprint density at radius 1 is 1.27 bits per heavy atom. The number of amides is 1. The third kappa shape index (κ3) is 4.03. The molecule has 1 atom stereocenters. The predicted octanol–water partition coefficient (Wildman–Crippen LogP) is 4.45. The van der Waals surface area contributed by atoms with Gasteiger partial charge in [-0.1, -0.05) is 35.9 Å². The molecule has 3 aromatic rings. The Balaban J connectivity index is 1.78. The van der Waals surface area contributed by atoms with Gasteiger partial charge in [-0.05, 0) is 61.5 Å². The number of aryl methyl sites for hydroxylation is 1. The SMILES string of the molecule is Cc1ccccc1C(C)NC(=O)Cn1c(-c2ccc(Cl)cc2)n[nH]c1=S. The van der Waals surface area contributed by atoms with Gasteiger partial charge in [0, 0.05) is 10.6 Å². The third-order valence-electron chi connectivity index (χ3n) is 4.19. The van der Waals surface area contributed by atoms with Crippen molar-refractivity contribution in [3.8, 4) is 11.4 Å². The number of aromatic nitrogens is 3. The van der Waals surface area contributed by atoms with Gasteiger partial charge < -0.3 is 5.32 Å². The van der Waals surface area contributed by atoms with Gasteiger partial charge >= 0.3 is 0 Å². The Kier molecular flexibility index (Phi) is 5.54. The Labute approximate surface area is 162 Å². The molecule has 134 valence electrons. The van der Waals surface area contributed by atoms with Crippen molar-refractivity contribution >= 4 is 29.7 Å². The lowest BCUT2D eigenvalue weighted by atomic mass is 10.0. The molecule has 0 fully saturated rings. The van der Waals surface area contributed by atoms with Crippen LogP contribution in [0.15, 0.2) is 48.5 Å². The van der Waals surface area contributed by atoms with Crippen LogP contribution in [-0.2, 0) is 11.3 Å². The van der Waals surface area contributed by atoms with E-state index in [9.17, 15) is 4.79 Å². The highest BCUT2D eigenvalue weighted by molar-refractivity contribution is 7.71. The molecule has 3 rings (SSSR count). The second-order valence-corrected chi connectivity index (χ2v) is 6.91. The summed E-state index contributed by atoms with van der Waals surface area (Å²) in [6.07, 6.45) is 0. The first kappa shape index (κ1) is 18.4. The van der Waals surface area contributed by atoms with Gasteiger partial charge in [0.1, 0.15) is 6.54 Å². The number of nitrogens with zero attached hydrogens (tertiary/aromatic N) is 2. The van der Waals surface area contributed by atoms with Crippen LogP contribution in [0.3, 0.4) is 0 Å². The highest BCUT2D eigenvalue weighted by Gasteiger charge is 2.15. The highest BCUT2D eigenvalue weighted by atomic mass is 35.5. The molecule has 1 unspecified atom stereocenters. The van der Waals surface area contributed by atoms with Gasteiger partial charge in [0.25, 0.3) is 0 Å². The van der Waals surface area contributed by atoms with E-state index < -0.39 is 0 Å². The van der Waals surface area contributed by atoms with E-state index in [2.05, 4.69) is 15.5 Å². The van der Waals surface area contributed by atoms with Crippen LogP contribution in [-0.4, -0.2) is 20.7 Å². The van der Waals surface area contributed by atoms with Gasteiger partial charge in [0.05, 0.1) is 6.04 Å². The Morgan fingerprint density at radius 3 is 2.65 bits per heavy atom. The summed E-state index contributed by atoms with van der Waals surface area (Å²) in [5.74, 6) is 0.471. The van der Waals surface area contributed by atoms with Crippen molar-refractivity contribution in [1.29, 1.82) is 0 Å². The standard InChI is InChI=1S/C19H19ClN4OS/c1-12-5-3-4-6-16(12)13(2)21-17(25)11-24-18(22-23-19(24)26)14-7-9-15(20)10-8-14/h3-10,13H,11H2,1-2H3,(H,21,25)(H,23,26). The summed E-state index contributed by atoms with van der Waals surface area (Å²) in [4.78, 5) is 12.6. The van der Waals surface area contributed by atoms with E-state index >= 15 is 0 Å². The number of H-pyrrole nitrogens is 1. The van der Waals surface area contributed by atoms with Gasteiger partial charge in [0.15, 0.2) is 10.6 Å². The van der Waals surface area contributed by atoms with Crippen molar-refractivity contribution < 1.29 is 4.79 Å². The number of hydrogen-bond donors (Lipinski definition) is 2. The molecule has 0 saturated carbocycles. The quantitative estimate of drug-likeness (QED) is 0.637. The van der Waals surface area contributed by atoms with E-state index in [0.29, 0.717) is 15.6 Å². The van der Waals surface area contributed by atoms with Crippen LogP contribution in [0.2, 0.25) is 5.02 Å². The van der Waals surface area contributed by atoms with Crippen molar-refractivity contribution in [3.05, 3.63) is 69.5 Å². The predicted molar refractivity (Wildman–Crippen MR) is 106 cm³/mol. The minimum Gasteiger partial charge on any atom is -0.348 e. The number of hydrogen-bond acceptors (Lipinski definition) is 3. The fourth-order valence-corrected chi connectivity index (χ4v) is 3.19. The summed E-state index contributed by atoms with van der Waals surface area (Å²) in [6.45, 7) is 4.08. The van der Waals surface area contributed by atoms with Gasteiger partial charge in [-0.3, -0.25) is 14.5 Å². The molecule has 2 aromatic carbocycles. The molecule has 0 saturated heterocycles. The molecule has 7 heteroatoms. The summed E-state index contributed by atoms with van der Waals surface area (Å²) in [5.41, 5.74) is 3.07. The zero-order chi connectivity index (χ0) is 18.7. The Hall–Kier alpha value is -2.44. The fourth-order valence-electron chi connectivity index (χ4n) is 2.86. The van der Waals surface area contributed by atoms with Gasteiger partial charge in [0.2, 0.25) is 5.91 Å². The molecule has 1 amide bonds. The second kappa shape index (κ2) is 7.85. The van der Waals surface area contributed by atoms with Gasteiger partial charge in [-0.25, -0.2) is 0 Å². The fraction of sp³-hybridized carbons (Fsp3) is 0.211. The maximum Gasteiger partial charge on any atom is 0.240 e. The minimum atomic E-state index is -0.131. The first-order chi connectivity index (χ1) is 12.5. The highest BCUT2D eigenvalue weighted by Crippen LogP contribution is 2.20. The maximum atomic E-state index is 12.6. The van der Waals surface area contributed by atoms with Crippen LogP contribution in [0.4, 0.5) is 0 Å². The normalized spacial score (nSPS) is 12.0. The first-order valence-corrected chi connectivity index (χ1v) is 9.00. The van der Waals surface area contributed by atoms with Crippen molar-refractivity contribution in [2.45, 2.75) is 26.4 Å². The molecule has 2 N–H and O–H groups in total. The molecular formula is C19H19ClN4OS. The molecule has 0 bridgehead atoms. The molecule has 0 aliphatic heterocycles. The maximum absolute atomic E-state index is 12.6. The average Bonchev–Trinajstić information content (AvgIpc) is 2.96. The third-order valence-corrected chi connectivity index (χ3v) is 4.76. The number of carbonyl (C=O) groups is 1. The van der Waals surface area contributed by atoms with Crippen LogP contribution in [0.1, 0.15) is 24.1 Å². The Morgan fingerprint density at radius 2 is 1.96 bits per heavy atom. The largest absolute Gasteiger partial charge is 0.348 e. The van der Waals surface area contributed by atoms with Crippen molar-refractivity contribution in [2.24, 2.45) is 0 Å². The topological polar surface area (TPSA) is 62.7 Å². The first-order valence-electron chi connectivity index (χ1n) is 8.21. The van der Waals surface area contributed by atoms with Crippen LogP contribution in [0.5, 0.6) is 0 Å². The lowest BCUT2D eigenvalue weighted by molar-refractivity contribution is -0.122. The Bertz CT molecular complexity index is 978. The van der Waals surface area contributed by atoms with Crippen molar-refractivity contribution in [3.63, 3.8) is 0 Å². The summed E-state index contributed by atoms with van der Waals surface area (Å²) in [5, 5.41) is 10.7. The summed E-state index contributed by atoms with van der Waals surface area (Å²) >= 11 is 11.2. The van der Waals surface area contributed by atoms with E-state index in [-0.39, 0.29) is 18.5 Å². The zero-order valence-corrected chi connectivity index (χ0v) is 16.1.